The number of fused-ring (bicyclic) bond motifs is 1. The highest BCUT2D eigenvalue weighted by Crippen LogP contribution is 2.21. The molecular formula is C28H29ClN6O3. The molecule has 0 saturated carbocycles. The van der Waals surface area contributed by atoms with E-state index in [1.54, 1.807) is 29.6 Å². The number of nitrogens with one attached hydrogen (secondary N) is 1. The summed E-state index contributed by atoms with van der Waals surface area (Å²) >= 11 is 6.19. The Balaban J connectivity index is 1.34. The SMILES string of the molecule is CCCc1cc(Cl)ccc1CNc1nc2c(c(=O)n1OC)CN(C(=O)c1ccc(-n3ccnc3)cc1)CC2. The Kier molecular flexibility index (Phi) is 7.46. The lowest BCUT2D eigenvalue weighted by atomic mass is 10.0. The third-order valence-corrected chi connectivity index (χ3v) is 6.94. The van der Waals surface area contributed by atoms with Crippen molar-refractivity contribution in [1.29, 1.82) is 0 Å². The Morgan fingerprint density at radius 3 is 2.68 bits per heavy atom. The highest BCUT2D eigenvalue weighted by Gasteiger charge is 2.27. The number of carbonyl (C=O) groups excluding carboxylic acids is 1. The molecule has 1 N–H and O–H groups in total. The van der Waals surface area contributed by atoms with Crippen LogP contribution in [0.2, 0.25) is 5.02 Å². The van der Waals surface area contributed by atoms with Gasteiger partial charge in [0.2, 0.25) is 5.95 Å². The Hall–Kier alpha value is -4.11. The van der Waals surface area contributed by atoms with Gasteiger partial charge in [0.1, 0.15) is 7.11 Å². The van der Waals surface area contributed by atoms with Gasteiger partial charge in [0, 0.05) is 48.2 Å². The number of hydrogen-bond acceptors (Lipinski definition) is 6. The molecule has 4 aromatic rings. The minimum Gasteiger partial charge on any atom is -0.411 e. The Morgan fingerprint density at radius 2 is 1.97 bits per heavy atom. The molecule has 38 heavy (non-hydrogen) atoms. The predicted molar refractivity (Wildman–Crippen MR) is 146 cm³/mol. The third-order valence-electron chi connectivity index (χ3n) is 6.70. The lowest BCUT2D eigenvalue weighted by Crippen LogP contribution is -2.42. The van der Waals surface area contributed by atoms with Crippen LogP contribution in [0, 0.1) is 0 Å². The number of amides is 1. The van der Waals surface area contributed by atoms with Crippen molar-refractivity contribution < 1.29 is 9.63 Å². The van der Waals surface area contributed by atoms with E-state index in [2.05, 4.69) is 17.2 Å². The molecule has 1 aliphatic heterocycles. The fourth-order valence-electron chi connectivity index (χ4n) is 4.73. The van der Waals surface area contributed by atoms with Crippen molar-refractivity contribution in [3.8, 4) is 5.69 Å². The van der Waals surface area contributed by atoms with Gasteiger partial charge in [0.25, 0.3) is 11.5 Å². The van der Waals surface area contributed by atoms with Crippen molar-refractivity contribution in [3.63, 3.8) is 0 Å². The number of benzene rings is 2. The highest BCUT2D eigenvalue weighted by atomic mass is 35.5. The molecule has 0 aliphatic carbocycles. The summed E-state index contributed by atoms with van der Waals surface area (Å²) in [5, 5.41) is 3.96. The second kappa shape index (κ2) is 11.1. The van der Waals surface area contributed by atoms with E-state index in [4.69, 9.17) is 21.4 Å². The summed E-state index contributed by atoms with van der Waals surface area (Å²) in [6, 6.07) is 13.1. The molecule has 0 bridgehead atoms. The van der Waals surface area contributed by atoms with Crippen molar-refractivity contribution >= 4 is 23.5 Å². The molecule has 0 spiro atoms. The quantitative estimate of drug-likeness (QED) is 0.370. The maximum absolute atomic E-state index is 13.4. The zero-order valence-corrected chi connectivity index (χ0v) is 22.1. The molecule has 0 atom stereocenters. The van der Waals surface area contributed by atoms with Crippen molar-refractivity contribution in [1.82, 2.24) is 24.2 Å². The van der Waals surface area contributed by atoms with Gasteiger partial charge in [0.15, 0.2) is 0 Å². The van der Waals surface area contributed by atoms with Gasteiger partial charge in [-0.15, -0.1) is 4.73 Å². The summed E-state index contributed by atoms with van der Waals surface area (Å²) < 4.78 is 3.02. The van der Waals surface area contributed by atoms with E-state index in [1.807, 2.05) is 41.1 Å². The molecule has 9 nitrogen and oxygen atoms in total. The Labute approximate surface area is 225 Å². The molecule has 2 aromatic carbocycles. The van der Waals surface area contributed by atoms with Gasteiger partial charge in [-0.3, -0.25) is 9.59 Å². The zero-order valence-electron chi connectivity index (χ0n) is 21.4. The van der Waals surface area contributed by atoms with Crippen LogP contribution in [0.4, 0.5) is 5.95 Å². The smallest absolute Gasteiger partial charge is 0.293 e. The van der Waals surface area contributed by atoms with Crippen molar-refractivity contribution in [3.05, 3.63) is 105 Å². The maximum Gasteiger partial charge on any atom is 0.293 e. The molecule has 1 amide bonds. The zero-order chi connectivity index (χ0) is 26.6. The minimum absolute atomic E-state index is 0.135. The average molecular weight is 533 g/mol. The molecule has 0 fully saturated rings. The van der Waals surface area contributed by atoms with Gasteiger partial charge < -0.3 is 19.6 Å². The molecule has 1 aliphatic rings. The normalized spacial score (nSPS) is 12.8. The summed E-state index contributed by atoms with van der Waals surface area (Å²) in [4.78, 5) is 42.4. The molecule has 196 valence electrons. The summed E-state index contributed by atoms with van der Waals surface area (Å²) in [6.45, 7) is 3.23. The molecule has 2 aromatic heterocycles. The number of imidazole rings is 1. The second-order valence-corrected chi connectivity index (χ2v) is 9.59. The first kappa shape index (κ1) is 25.5. The van der Waals surface area contributed by atoms with Crippen LogP contribution >= 0.6 is 11.6 Å². The number of anilines is 1. The first-order valence-corrected chi connectivity index (χ1v) is 12.9. The molecule has 3 heterocycles. The number of rotatable bonds is 8. The molecule has 0 unspecified atom stereocenters. The van der Waals surface area contributed by atoms with Gasteiger partial charge in [-0.1, -0.05) is 31.0 Å². The number of hydrogen-bond donors (Lipinski definition) is 1. The van der Waals surface area contributed by atoms with Gasteiger partial charge in [0.05, 0.1) is 24.1 Å². The first-order chi connectivity index (χ1) is 18.5. The number of halogens is 1. The summed E-state index contributed by atoms with van der Waals surface area (Å²) in [5.74, 6) is 0.202. The lowest BCUT2D eigenvalue weighted by molar-refractivity contribution is 0.0728. The minimum atomic E-state index is -0.321. The highest BCUT2D eigenvalue weighted by molar-refractivity contribution is 6.30. The number of aryl methyl sites for hydroxylation is 1. The van der Waals surface area contributed by atoms with Crippen molar-refractivity contribution in [2.75, 3.05) is 19.0 Å². The van der Waals surface area contributed by atoms with E-state index in [0.717, 1.165) is 34.4 Å². The molecule has 10 heteroatoms. The van der Waals surface area contributed by atoms with E-state index in [1.165, 1.54) is 7.11 Å². The molecule has 5 rings (SSSR count). The van der Waals surface area contributed by atoms with Crippen LogP contribution in [-0.2, 0) is 25.9 Å². The van der Waals surface area contributed by atoms with E-state index in [0.29, 0.717) is 47.3 Å². The Bertz CT molecular complexity index is 1500. The standard InChI is InChI=1S/C28H29ClN6O3/c1-3-4-20-15-22(29)8-5-21(20)16-31-28-32-25-11-13-33(17-24(25)27(37)35(28)38-2)26(36)19-6-9-23(10-7-19)34-14-12-30-18-34/h5-10,12,14-15,18H,3-4,11,13,16-17H2,1-2H3,(H,31,32). The predicted octanol–water partition coefficient (Wildman–Crippen LogP) is 3.90. The number of nitrogens with zero attached hydrogens (tertiary/aromatic N) is 5. The Morgan fingerprint density at radius 1 is 1.16 bits per heavy atom. The third kappa shape index (κ3) is 5.15. The summed E-state index contributed by atoms with van der Waals surface area (Å²) in [5.41, 5.74) is 4.53. The topological polar surface area (TPSA) is 94.3 Å². The average Bonchev–Trinajstić information content (AvgIpc) is 3.48. The van der Waals surface area contributed by atoms with Gasteiger partial charge in [-0.05, 0) is 53.9 Å². The first-order valence-electron chi connectivity index (χ1n) is 12.6. The number of aromatic nitrogens is 4. The monoisotopic (exact) mass is 532 g/mol. The molecule has 0 radical (unpaired) electrons. The van der Waals surface area contributed by atoms with Crippen LogP contribution in [0.15, 0.2) is 66.0 Å². The summed E-state index contributed by atoms with van der Waals surface area (Å²) in [7, 11) is 1.43. The van der Waals surface area contributed by atoms with E-state index in [9.17, 15) is 9.59 Å². The van der Waals surface area contributed by atoms with Crippen molar-refractivity contribution in [2.24, 2.45) is 0 Å². The van der Waals surface area contributed by atoms with Crippen LogP contribution in [0.25, 0.3) is 5.69 Å². The van der Waals surface area contributed by atoms with Gasteiger partial charge in [-0.25, -0.2) is 9.97 Å². The maximum atomic E-state index is 13.4. The van der Waals surface area contributed by atoms with Crippen LogP contribution in [0.5, 0.6) is 0 Å². The lowest BCUT2D eigenvalue weighted by Gasteiger charge is -2.29. The molecule has 0 saturated heterocycles. The second-order valence-electron chi connectivity index (χ2n) is 9.15. The van der Waals surface area contributed by atoms with E-state index < -0.39 is 0 Å². The fourth-order valence-corrected chi connectivity index (χ4v) is 4.92. The molecular weight excluding hydrogens is 504 g/mol. The van der Waals surface area contributed by atoms with Crippen molar-refractivity contribution in [2.45, 2.75) is 39.3 Å². The van der Waals surface area contributed by atoms with Crippen LogP contribution in [0.1, 0.15) is 46.1 Å². The van der Waals surface area contributed by atoms with Crippen LogP contribution < -0.4 is 15.7 Å². The van der Waals surface area contributed by atoms with E-state index in [-0.39, 0.29) is 18.0 Å². The fraction of sp³-hybridized carbons (Fsp3) is 0.286. The van der Waals surface area contributed by atoms with Crippen LogP contribution in [0.3, 0.4) is 0 Å². The van der Waals surface area contributed by atoms with Gasteiger partial charge >= 0.3 is 0 Å². The van der Waals surface area contributed by atoms with E-state index >= 15 is 0 Å². The summed E-state index contributed by atoms with van der Waals surface area (Å²) in [6.07, 6.45) is 7.63. The van der Waals surface area contributed by atoms with Gasteiger partial charge in [-0.2, -0.15) is 0 Å². The van der Waals surface area contributed by atoms with Crippen LogP contribution in [-0.4, -0.2) is 43.7 Å². The number of carbonyl (C=O) groups is 1. The largest absolute Gasteiger partial charge is 0.411 e.